The molecule has 0 saturated carbocycles. The Kier molecular flexibility index (Phi) is 9.56. The van der Waals surface area contributed by atoms with Crippen LogP contribution in [0.1, 0.15) is 54.3 Å². The summed E-state index contributed by atoms with van der Waals surface area (Å²) >= 11 is 0. The number of carbonyl (C=O) groups excluding carboxylic acids is 1. The largest absolute Gasteiger partial charge is 0.484 e. The Morgan fingerprint density at radius 2 is 1.53 bits per heavy atom. The Morgan fingerprint density at radius 3 is 2.15 bits per heavy atom. The lowest BCUT2D eigenvalue weighted by molar-refractivity contribution is 0.0432. The molecule has 1 unspecified atom stereocenters. The van der Waals surface area contributed by atoms with Crippen molar-refractivity contribution in [2.45, 2.75) is 39.2 Å². The molecular weight excluding hydrogens is 440 g/mol. The summed E-state index contributed by atoms with van der Waals surface area (Å²) in [6.07, 6.45) is 1.34. The molecule has 2 aromatic rings. The molecule has 8 heteroatoms. The third-order valence-electron chi connectivity index (χ3n) is 5.45. The Hall–Kier alpha value is -2.81. The molecule has 1 atom stereocenters. The van der Waals surface area contributed by atoms with Crippen molar-refractivity contribution >= 4 is 5.78 Å². The van der Waals surface area contributed by atoms with Crippen molar-refractivity contribution in [1.82, 2.24) is 0 Å². The van der Waals surface area contributed by atoms with E-state index in [-0.39, 0.29) is 32.6 Å². The summed E-state index contributed by atoms with van der Waals surface area (Å²) in [5.74, 6) is 2.54. The van der Waals surface area contributed by atoms with Crippen molar-refractivity contribution in [1.29, 1.82) is 0 Å². The number of carbonyl (C=O) groups is 1. The zero-order valence-corrected chi connectivity index (χ0v) is 20.6. The van der Waals surface area contributed by atoms with Crippen LogP contribution in [-0.4, -0.2) is 47.5 Å². The molecule has 0 fully saturated rings. The molecule has 8 nitrogen and oxygen atoms in total. The van der Waals surface area contributed by atoms with Crippen molar-refractivity contribution in [2.75, 3.05) is 41.7 Å². The zero-order valence-electron chi connectivity index (χ0n) is 20.6. The van der Waals surface area contributed by atoms with Crippen LogP contribution in [0.2, 0.25) is 0 Å². The molecule has 1 heterocycles. The predicted octanol–water partition coefficient (Wildman–Crippen LogP) is 4.93. The summed E-state index contributed by atoms with van der Waals surface area (Å²) in [6, 6.07) is 9.20. The second-order valence-corrected chi connectivity index (χ2v) is 8.44. The van der Waals surface area contributed by atoms with Gasteiger partial charge in [-0.3, -0.25) is 4.79 Å². The van der Waals surface area contributed by atoms with Gasteiger partial charge in [-0.15, -0.1) is 0 Å². The van der Waals surface area contributed by atoms with Gasteiger partial charge in [0.05, 0.1) is 6.42 Å². The Morgan fingerprint density at radius 1 is 0.912 bits per heavy atom. The first kappa shape index (κ1) is 25.8. The molecule has 2 aromatic carbocycles. The SMILES string of the molecule is COCOc1ccc(C2CC(=O)c3c(OCOC)cc(OCOC)c(CCC(C)C)c3O2)cc1. The maximum atomic E-state index is 13.4. The van der Waals surface area contributed by atoms with Crippen LogP contribution in [0.4, 0.5) is 0 Å². The molecule has 0 N–H and O–H groups in total. The number of ketones is 1. The fourth-order valence-electron chi connectivity index (χ4n) is 3.75. The first-order valence-corrected chi connectivity index (χ1v) is 11.3. The normalized spacial score (nSPS) is 15.1. The van der Waals surface area contributed by atoms with Crippen LogP contribution < -0.4 is 18.9 Å². The molecule has 3 rings (SSSR count). The van der Waals surface area contributed by atoms with Crippen LogP contribution in [0.25, 0.3) is 0 Å². The summed E-state index contributed by atoms with van der Waals surface area (Å²) < 4.78 is 38.7. The van der Waals surface area contributed by atoms with Gasteiger partial charge in [-0.05, 0) is 36.5 Å². The lowest BCUT2D eigenvalue weighted by Gasteiger charge is -2.30. The number of hydrogen-bond acceptors (Lipinski definition) is 8. The molecule has 0 aromatic heterocycles. The van der Waals surface area contributed by atoms with Gasteiger partial charge in [0.25, 0.3) is 0 Å². The number of fused-ring (bicyclic) bond motifs is 1. The highest BCUT2D eigenvalue weighted by Gasteiger charge is 2.34. The van der Waals surface area contributed by atoms with Gasteiger partial charge in [-0.1, -0.05) is 26.0 Å². The third kappa shape index (κ3) is 6.40. The van der Waals surface area contributed by atoms with E-state index in [2.05, 4.69) is 13.8 Å². The highest BCUT2D eigenvalue weighted by Crippen LogP contribution is 2.47. The highest BCUT2D eigenvalue weighted by atomic mass is 16.7. The van der Waals surface area contributed by atoms with Crippen molar-refractivity contribution in [3.63, 3.8) is 0 Å². The average Bonchev–Trinajstić information content (AvgIpc) is 2.83. The molecule has 0 amide bonds. The lowest BCUT2D eigenvalue weighted by atomic mass is 9.91. The number of ether oxygens (including phenoxy) is 7. The summed E-state index contributed by atoms with van der Waals surface area (Å²) in [6.45, 7) is 4.54. The third-order valence-corrected chi connectivity index (χ3v) is 5.45. The lowest BCUT2D eigenvalue weighted by Crippen LogP contribution is -2.23. The van der Waals surface area contributed by atoms with Gasteiger partial charge < -0.3 is 33.2 Å². The molecule has 0 aliphatic carbocycles. The van der Waals surface area contributed by atoms with Crippen molar-refractivity contribution in [3.05, 3.63) is 47.0 Å². The van der Waals surface area contributed by atoms with Crippen LogP contribution in [0, 0.1) is 5.92 Å². The van der Waals surface area contributed by atoms with E-state index in [0.717, 1.165) is 17.5 Å². The molecular formula is C26H34O8. The van der Waals surface area contributed by atoms with E-state index < -0.39 is 6.10 Å². The van der Waals surface area contributed by atoms with Crippen molar-refractivity contribution in [3.8, 4) is 23.0 Å². The van der Waals surface area contributed by atoms with Gasteiger partial charge in [0.15, 0.2) is 26.2 Å². The van der Waals surface area contributed by atoms with Gasteiger partial charge >= 0.3 is 0 Å². The minimum absolute atomic E-state index is 0.00113. The van der Waals surface area contributed by atoms with E-state index in [1.165, 1.54) is 7.11 Å². The van der Waals surface area contributed by atoms with E-state index in [4.69, 9.17) is 33.2 Å². The fraction of sp³-hybridized carbons (Fsp3) is 0.500. The van der Waals surface area contributed by atoms with E-state index in [0.29, 0.717) is 40.9 Å². The number of benzene rings is 2. The summed E-state index contributed by atoms with van der Waals surface area (Å²) in [5.41, 5.74) is 2.14. The number of hydrogen-bond donors (Lipinski definition) is 0. The van der Waals surface area contributed by atoms with Crippen LogP contribution in [-0.2, 0) is 20.6 Å². The molecule has 1 aliphatic heterocycles. The summed E-state index contributed by atoms with van der Waals surface area (Å²) in [7, 11) is 4.66. The van der Waals surface area contributed by atoms with Crippen molar-refractivity contribution < 1.29 is 38.0 Å². The predicted molar refractivity (Wildman–Crippen MR) is 126 cm³/mol. The maximum absolute atomic E-state index is 13.4. The van der Waals surface area contributed by atoms with Gasteiger partial charge in [-0.2, -0.15) is 0 Å². The summed E-state index contributed by atoms with van der Waals surface area (Å²) in [5, 5.41) is 0. The van der Waals surface area contributed by atoms with Crippen LogP contribution in [0.5, 0.6) is 23.0 Å². The van der Waals surface area contributed by atoms with Gasteiger partial charge in [0, 0.05) is 33.0 Å². The Bertz CT molecular complexity index is 939. The molecule has 34 heavy (non-hydrogen) atoms. The van der Waals surface area contributed by atoms with Gasteiger partial charge in [0.2, 0.25) is 0 Å². The van der Waals surface area contributed by atoms with Crippen LogP contribution >= 0.6 is 0 Å². The van der Waals surface area contributed by atoms with Gasteiger partial charge in [0.1, 0.15) is 34.7 Å². The van der Waals surface area contributed by atoms with Crippen molar-refractivity contribution in [2.24, 2.45) is 5.92 Å². The standard InChI is InChI=1S/C26H34O8/c1-17(2)6-11-20-23(32-15-29-4)13-24(33-16-30-5)25-21(27)12-22(34-26(20)25)18-7-9-19(10-8-18)31-14-28-3/h7-10,13,17,22H,6,11-12,14-16H2,1-5H3. The molecule has 186 valence electrons. The monoisotopic (exact) mass is 474 g/mol. The number of Topliss-reactive ketones (excluding diaryl/α,β-unsaturated/α-hetero) is 1. The molecule has 0 bridgehead atoms. The second-order valence-electron chi connectivity index (χ2n) is 8.44. The zero-order chi connectivity index (χ0) is 24.5. The minimum Gasteiger partial charge on any atom is -0.484 e. The quantitative estimate of drug-likeness (QED) is 0.378. The Balaban J connectivity index is 2.01. The van der Waals surface area contributed by atoms with E-state index in [1.54, 1.807) is 20.3 Å². The van der Waals surface area contributed by atoms with Crippen LogP contribution in [0.3, 0.4) is 0 Å². The van der Waals surface area contributed by atoms with E-state index >= 15 is 0 Å². The highest BCUT2D eigenvalue weighted by molar-refractivity contribution is 6.03. The average molecular weight is 475 g/mol. The molecule has 1 aliphatic rings. The molecule has 0 radical (unpaired) electrons. The maximum Gasteiger partial charge on any atom is 0.188 e. The second kappa shape index (κ2) is 12.6. The van der Waals surface area contributed by atoms with E-state index in [1.807, 2.05) is 24.3 Å². The van der Waals surface area contributed by atoms with Crippen LogP contribution in [0.15, 0.2) is 30.3 Å². The first-order valence-electron chi connectivity index (χ1n) is 11.3. The van der Waals surface area contributed by atoms with Gasteiger partial charge in [-0.25, -0.2) is 0 Å². The minimum atomic E-state index is -0.442. The molecule has 0 saturated heterocycles. The molecule has 0 spiro atoms. The number of rotatable bonds is 13. The Labute approximate surface area is 201 Å². The number of methoxy groups -OCH3 is 3. The smallest absolute Gasteiger partial charge is 0.188 e. The first-order chi connectivity index (χ1) is 16.5. The fourth-order valence-corrected chi connectivity index (χ4v) is 3.75. The topological polar surface area (TPSA) is 81.7 Å². The summed E-state index contributed by atoms with van der Waals surface area (Å²) in [4.78, 5) is 13.4. The van der Waals surface area contributed by atoms with E-state index in [9.17, 15) is 4.79 Å².